The standard InChI is InChI=1S/C19H26N4O3/c1-14-12-18(21-13-17-4-3-10-25-17)23-19(22-14)20-9-11-26-16-7-5-15(24-2)6-8-16/h5-8,12,17H,3-4,9-11,13H2,1-2H3,(H2,20,21,22,23). The van der Waals surface area contributed by atoms with Crippen LogP contribution in [0.2, 0.25) is 0 Å². The van der Waals surface area contributed by atoms with Crippen LogP contribution in [-0.2, 0) is 4.74 Å². The number of benzene rings is 1. The summed E-state index contributed by atoms with van der Waals surface area (Å²) in [4.78, 5) is 8.92. The lowest BCUT2D eigenvalue weighted by Crippen LogP contribution is -2.20. The molecule has 0 spiro atoms. The van der Waals surface area contributed by atoms with E-state index in [0.717, 1.165) is 49.0 Å². The lowest BCUT2D eigenvalue weighted by molar-refractivity contribution is 0.120. The molecule has 2 aromatic rings. The van der Waals surface area contributed by atoms with Crippen molar-refractivity contribution < 1.29 is 14.2 Å². The molecule has 1 saturated heterocycles. The van der Waals surface area contributed by atoms with Crippen molar-refractivity contribution in [2.75, 3.05) is 44.0 Å². The van der Waals surface area contributed by atoms with Gasteiger partial charge in [0.1, 0.15) is 23.9 Å². The van der Waals surface area contributed by atoms with Gasteiger partial charge in [0, 0.05) is 24.9 Å². The second kappa shape index (κ2) is 9.24. The number of aryl methyl sites for hydroxylation is 1. The molecule has 1 aliphatic rings. The Bertz CT molecular complexity index is 688. The van der Waals surface area contributed by atoms with E-state index < -0.39 is 0 Å². The van der Waals surface area contributed by atoms with Crippen molar-refractivity contribution in [3.8, 4) is 11.5 Å². The molecule has 1 unspecified atom stereocenters. The summed E-state index contributed by atoms with van der Waals surface area (Å²) in [5.74, 6) is 3.02. The first kappa shape index (κ1) is 18.3. The fourth-order valence-corrected chi connectivity index (χ4v) is 2.77. The van der Waals surface area contributed by atoms with Gasteiger partial charge in [0.2, 0.25) is 5.95 Å². The fraction of sp³-hybridized carbons (Fsp3) is 0.474. The van der Waals surface area contributed by atoms with Crippen LogP contribution in [0.15, 0.2) is 30.3 Å². The number of hydrogen-bond donors (Lipinski definition) is 2. The molecule has 2 N–H and O–H groups in total. The van der Waals surface area contributed by atoms with E-state index in [1.54, 1.807) is 7.11 Å². The molecule has 7 nitrogen and oxygen atoms in total. The topological polar surface area (TPSA) is 77.5 Å². The zero-order valence-corrected chi connectivity index (χ0v) is 15.3. The molecule has 140 valence electrons. The second-order valence-corrected chi connectivity index (χ2v) is 6.18. The van der Waals surface area contributed by atoms with Gasteiger partial charge in [0.25, 0.3) is 0 Å². The maximum Gasteiger partial charge on any atom is 0.224 e. The first-order chi connectivity index (χ1) is 12.7. The molecule has 3 rings (SSSR count). The van der Waals surface area contributed by atoms with Crippen molar-refractivity contribution in [2.45, 2.75) is 25.9 Å². The van der Waals surface area contributed by atoms with Gasteiger partial charge in [0.05, 0.1) is 19.8 Å². The maximum absolute atomic E-state index is 5.70. The third kappa shape index (κ3) is 5.49. The Hall–Kier alpha value is -2.54. The molecule has 7 heteroatoms. The zero-order valence-electron chi connectivity index (χ0n) is 15.3. The van der Waals surface area contributed by atoms with E-state index >= 15 is 0 Å². The zero-order chi connectivity index (χ0) is 18.2. The minimum atomic E-state index is 0.277. The third-order valence-corrected chi connectivity index (χ3v) is 4.10. The molecule has 1 aliphatic heterocycles. The monoisotopic (exact) mass is 358 g/mol. The maximum atomic E-state index is 5.70. The lowest BCUT2D eigenvalue weighted by Gasteiger charge is -2.13. The van der Waals surface area contributed by atoms with Crippen molar-refractivity contribution in [1.82, 2.24) is 9.97 Å². The van der Waals surface area contributed by atoms with E-state index in [1.807, 2.05) is 37.3 Å². The minimum absolute atomic E-state index is 0.277. The molecular weight excluding hydrogens is 332 g/mol. The van der Waals surface area contributed by atoms with E-state index in [4.69, 9.17) is 14.2 Å². The quantitative estimate of drug-likeness (QED) is 0.667. The number of hydrogen-bond acceptors (Lipinski definition) is 7. The number of methoxy groups -OCH3 is 1. The van der Waals surface area contributed by atoms with Crippen LogP contribution in [0.3, 0.4) is 0 Å². The van der Waals surface area contributed by atoms with Crippen molar-refractivity contribution >= 4 is 11.8 Å². The van der Waals surface area contributed by atoms with Gasteiger partial charge >= 0.3 is 0 Å². The van der Waals surface area contributed by atoms with Gasteiger partial charge in [-0.25, -0.2) is 4.98 Å². The molecule has 1 atom stereocenters. The average molecular weight is 358 g/mol. The van der Waals surface area contributed by atoms with Gasteiger partial charge in [-0.1, -0.05) is 0 Å². The van der Waals surface area contributed by atoms with Crippen LogP contribution >= 0.6 is 0 Å². The number of rotatable bonds is 9. The van der Waals surface area contributed by atoms with Crippen LogP contribution in [0.25, 0.3) is 0 Å². The van der Waals surface area contributed by atoms with E-state index in [2.05, 4.69) is 20.6 Å². The SMILES string of the molecule is COc1ccc(OCCNc2nc(C)cc(NCC3CCCO3)n2)cc1. The summed E-state index contributed by atoms with van der Waals surface area (Å²) in [5, 5.41) is 6.54. The van der Waals surface area contributed by atoms with Crippen LogP contribution in [0.4, 0.5) is 11.8 Å². The van der Waals surface area contributed by atoms with E-state index in [1.165, 1.54) is 0 Å². The van der Waals surface area contributed by atoms with Crippen LogP contribution in [0.5, 0.6) is 11.5 Å². The Morgan fingerprint density at radius 3 is 2.69 bits per heavy atom. The van der Waals surface area contributed by atoms with E-state index in [9.17, 15) is 0 Å². The molecular formula is C19H26N4O3. The highest BCUT2D eigenvalue weighted by Crippen LogP contribution is 2.17. The number of aromatic nitrogens is 2. The first-order valence-corrected chi connectivity index (χ1v) is 8.95. The number of anilines is 2. The Kier molecular flexibility index (Phi) is 6.49. The number of nitrogens with one attached hydrogen (secondary N) is 2. The lowest BCUT2D eigenvalue weighted by atomic mass is 10.2. The van der Waals surface area contributed by atoms with Gasteiger partial charge < -0.3 is 24.8 Å². The summed E-state index contributed by atoms with van der Waals surface area (Å²) < 4.78 is 16.5. The Morgan fingerprint density at radius 2 is 1.96 bits per heavy atom. The predicted octanol–water partition coefficient (Wildman–Crippen LogP) is 2.88. The van der Waals surface area contributed by atoms with Crippen LogP contribution < -0.4 is 20.1 Å². The normalized spacial score (nSPS) is 16.3. The van der Waals surface area contributed by atoms with Crippen molar-refractivity contribution in [3.63, 3.8) is 0 Å². The minimum Gasteiger partial charge on any atom is -0.497 e. The molecule has 26 heavy (non-hydrogen) atoms. The summed E-state index contributed by atoms with van der Waals surface area (Å²) in [6, 6.07) is 9.45. The van der Waals surface area contributed by atoms with Crippen LogP contribution in [0, 0.1) is 6.92 Å². The molecule has 0 saturated carbocycles. The van der Waals surface area contributed by atoms with Crippen LogP contribution in [0.1, 0.15) is 18.5 Å². The Labute approximate surface area is 154 Å². The molecule has 2 heterocycles. The molecule has 0 aliphatic carbocycles. The van der Waals surface area contributed by atoms with Gasteiger partial charge in [-0.2, -0.15) is 4.98 Å². The van der Waals surface area contributed by atoms with Gasteiger partial charge in [-0.15, -0.1) is 0 Å². The third-order valence-electron chi connectivity index (χ3n) is 4.10. The molecule has 1 aromatic carbocycles. The molecule has 0 bridgehead atoms. The first-order valence-electron chi connectivity index (χ1n) is 8.95. The number of ether oxygens (including phenoxy) is 3. The largest absolute Gasteiger partial charge is 0.497 e. The highest BCUT2D eigenvalue weighted by molar-refractivity contribution is 5.42. The number of nitrogens with zero attached hydrogens (tertiary/aromatic N) is 2. The Morgan fingerprint density at radius 1 is 1.15 bits per heavy atom. The van der Waals surface area contributed by atoms with E-state index in [-0.39, 0.29) is 6.10 Å². The summed E-state index contributed by atoms with van der Waals surface area (Å²) >= 11 is 0. The van der Waals surface area contributed by atoms with E-state index in [0.29, 0.717) is 19.1 Å². The smallest absolute Gasteiger partial charge is 0.224 e. The van der Waals surface area contributed by atoms with Crippen molar-refractivity contribution in [2.24, 2.45) is 0 Å². The molecule has 0 radical (unpaired) electrons. The molecule has 1 aromatic heterocycles. The Balaban J connectivity index is 1.44. The second-order valence-electron chi connectivity index (χ2n) is 6.18. The van der Waals surface area contributed by atoms with Gasteiger partial charge in [0.15, 0.2) is 0 Å². The molecule has 1 fully saturated rings. The predicted molar refractivity (Wildman–Crippen MR) is 101 cm³/mol. The summed E-state index contributed by atoms with van der Waals surface area (Å²) in [6.45, 7) is 4.72. The van der Waals surface area contributed by atoms with Crippen LogP contribution in [-0.4, -0.2) is 49.5 Å². The van der Waals surface area contributed by atoms with Gasteiger partial charge in [-0.3, -0.25) is 0 Å². The summed E-state index contributed by atoms with van der Waals surface area (Å²) in [6.07, 6.45) is 2.51. The van der Waals surface area contributed by atoms with Crippen molar-refractivity contribution in [1.29, 1.82) is 0 Å². The average Bonchev–Trinajstić information content (AvgIpc) is 3.17. The highest BCUT2D eigenvalue weighted by atomic mass is 16.5. The molecule has 0 amide bonds. The highest BCUT2D eigenvalue weighted by Gasteiger charge is 2.15. The van der Waals surface area contributed by atoms with Gasteiger partial charge in [-0.05, 0) is 44.0 Å². The van der Waals surface area contributed by atoms with Crippen molar-refractivity contribution in [3.05, 3.63) is 36.0 Å². The fourth-order valence-electron chi connectivity index (χ4n) is 2.77. The summed E-state index contributed by atoms with van der Waals surface area (Å²) in [7, 11) is 1.64. The summed E-state index contributed by atoms with van der Waals surface area (Å²) in [5.41, 5.74) is 0.911.